The summed E-state index contributed by atoms with van der Waals surface area (Å²) in [6.45, 7) is 2.82. The van der Waals surface area contributed by atoms with Gasteiger partial charge in [-0.05, 0) is 45.3 Å². The summed E-state index contributed by atoms with van der Waals surface area (Å²) in [5.41, 5.74) is 15.8. The molecular formula is C18H38N6O4. The van der Waals surface area contributed by atoms with Crippen LogP contribution in [-0.2, 0) is 14.3 Å². The van der Waals surface area contributed by atoms with Gasteiger partial charge in [-0.3, -0.25) is 9.59 Å². The van der Waals surface area contributed by atoms with Gasteiger partial charge in [-0.1, -0.05) is 19.3 Å². The molecule has 28 heavy (non-hydrogen) atoms. The van der Waals surface area contributed by atoms with E-state index in [9.17, 15) is 14.4 Å². The van der Waals surface area contributed by atoms with Gasteiger partial charge in [0.1, 0.15) is 6.61 Å². The second-order valence-electron chi connectivity index (χ2n) is 6.56. The Morgan fingerprint density at radius 3 is 2.18 bits per heavy atom. The quantitative estimate of drug-likeness (QED) is 0.188. The Kier molecular flexibility index (Phi) is 17.2. The molecule has 164 valence electrons. The van der Waals surface area contributed by atoms with Crippen molar-refractivity contribution in [3.63, 3.8) is 0 Å². The third-order valence-electron chi connectivity index (χ3n) is 4.07. The topological polar surface area (TPSA) is 166 Å². The van der Waals surface area contributed by atoms with Crippen molar-refractivity contribution < 1.29 is 19.1 Å². The summed E-state index contributed by atoms with van der Waals surface area (Å²) < 4.78 is 4.54. The molecule has 0 saturated carbocycles. The molecule has 0 aromatic rings. The highest BCUT2D eigenvalue weighted by atomic mass is 16.5. The first-order chi connectivity index (χ1) is 13.5. The van der Waals surface area contributed by atoms with Crippen molar-refractivity contribution in [2.24, 2.45) is 17.2 Å². The van der Waals surface area contributed by atoms with Crippen LogP contribution in [0.25, 0.3) is 0 Å². The number of unbranched alkanes of at least 4 members (excludes halogenated alkanes) is 5. The molecule has 0 aliphatic rings. The largest absolute Gasteiger partial charge is 0.448 e. The molecule has 0 rings (SSSR count). The van der Waals surface area contributed by atoms with Gasteiger partial charge in [-0.2, -0.15) is 0 Å². The Bertz CT molecular complexity index is 436. The van der Waals surface area contributed by atoms with Gasteiger partial charge < -0.3 is 37.5 Å². The van der Waals surface area contributed by atoms with Gasteiger partial charge in [0, 0.05) is 6.54 Å². The minimum atomic E-state index is -0.890. The van der Waals surface area contributed by atoms with Crippen molar-refractivity contribution >= 4 is 17.9 Å². The molecule has 10 heteroatoms. The summed E-state index contributed by atoms with van der Waals surface area (Å²) in [5, 5.41) is 5.74. The first-order valence-electron chi connectivity index (χ1n) is 10.1. The molecule has 3 amide bonds. The Balaban J connectivity index is 4.13. The van der Waals surface area contributed by atoms with E-state index in [2.05, 4.69) is 15.4 Å². The lowest BCUT2D eigenvalue weighted by atomic mass is 10.1. The fourth-order valence-corrected chi connectivity index (χ4v) is 2.54. The van der Waals surface area contributed by atoms with Crippen LogP contribution in [0.2, 0.25) is 0 Å². The summed E-state index contributed by atoms with van der Waals surface area (Å²) in [6.07, 6.45) is 6.10. The number of carbonyl (C=O) groups is 3. The van der Waals surface area contributed by atoms with Crippen LogP contribution < -0.4 is 27.8 Å². The lowest BCUT2D eigenvalue weighted by Gasteiger charge is -2.22. The molecule has 0 aliphatic carbocycles. The van der Waals surface area contributed by atoms with Crippen LogP contribution >= 0.6 is 0 Å². The molecule has 0 radical (unpaired) electrons. The number of amides is 3. The minimum absolute atomic E-state index is 0.00493. The average Bonchev–Trinajstić information content (AvgIpc) is 2.66. The van der Waals surface area contributed by atoms with E-state index in [0.717, 1.165) is 58.0 Å². The Labute approximate surface area is 167 Å². The van der Waals surface area contributed by atoms with Crippen LogP contribution in [0.15, 0.2) is 0 Å². The number of nitrogens with zero attached hydrogens (tertiary/aromatic N) is 1. The van der Waals surface area contributed by atoms with Crippen molar-refractivity contribution in [1.82, 2.24) is 15.5 Å². The zero-order valence-electron chi connectivity index (χ0n) is 16.9. The third kappa shape index (κ3) is 16.3. The monoisotopic (exact) mass is 402 g/mol. The van der Waals surface area contributed by atoms with E-state index in [1.165, 1.54) is 4.90 Å². The molecule has 0 unspecified atom stereocenters. The van der Waals surface area contributed by atoms with Crippen molar-refractivity contribution in [1.29, 1.82) is 0 Å². The summed E-state index contributed by atoms with van der Waals surface area (Å²) in [4.78, 5) is 36.4. The van der Waals surface area contributed by atoms with Gasteiger partial charge in [-0.25, -0.2) is 4.79 Å². The molecule has 0 fully saturated rings. The van der Waals surface area contributed by atoms with Crippen LogP contribution in [0.4, 0.5) is 4.79 Å². The van der Waals surface area contributed by atoms with Crippen LogP contribution in [0.1, 0.15) is 44.9 Å². The van der Waals surface area contributed by atoms with Crippen LogP contribution in [-0.4, -0.2) is 75.2 Å². The van der Waals surface area contributed by atoms with E-state index in [4.69, 9.17) is 17.2 Å². The Morgan fingerprint density at radius 2 is 1.50 bits per heavy atom. The maximum atomic E-state index is 12.4. The Hall–Kier alpha value is -1.91. The number of carbonyl (C=O) groups excluding carboxylic acids is 3. The predicted octanol–water partition coefficient (Wildman–Crippen LogP) is -0.736. The molecule has 0 atom stereocenters. The first-order valence-corrected chi connectivity index (χ1v) is 10.1. The predicted molar refractivity (Wildman–Crippen MR) is 108 cm³/mol. The van der Waals surface area contributed by atoms with Gasteiger partial charge in [0.15, 0.2) is 0 Å². The van der Waals surface area contributed by atoms with Crippen molar-refractivity contribution in [3.8, 4) is 0 Å². The summed E-state index contributed by atoms with van der Waals surface area (Å²) >= 11 is 0. The van der Waals surface area contributed by atoms with Gasteiger partial charge in [0.2, 0.25) is 11.8 Å². The highest BCUT2D eigenvalue weighted by Gasteiger charge is 2.16. The average molecular weight is 403 g/mol. The van der Waals surface area contributed by atoms with E-state index in [0.29, 0.717) is 13.1 Å². The lowest BCUT2D eigenvalue weighted by Crippen LogP contribution is -2.45. The zero-order chi connectivity index (χ0) is 21.0. The van der Waals surface area contributed by atoms with Crippen molar-refractivity contribution in [2.45, 2.75) is 44.9 Å². The molecule has 0 heterocycles. The van der Waals surface area contributed by atoms with Crippen molar-refractivity contribution in [3.05, 3.63) is 0 Å². The third-order valence-corrected chi connectivity index (χ3v) is 4.07. The van der Waals surface area contributed by atoms with Gasteiger partial charge >= 0.3 is 6.09 Å². The van der Waals surface area contributed by atoms with E-state index in [1.54, 1.807) is 0 Å². The number of ether oxygens (including phenoxy) is 1. The number of hydrogen-bond donors (Lipinski definition) is 5. The first kappa shape index (κ1) is 26.1. The fraction of sp³-hybridized carbons (Fsp3) is 0.833. The zero-order valence-corrected chi connectivity index (χ0v) is 16.9. The molecule has 0 bridgehead atoms. The van der Waals surface area contributed by atoms with Gasteiger partial charge in [-0.15, -0.1) is 0 Å². The second kappa shape index (κ2) is 18.5. The maximum Gasteiger partial charge on any atom is 0.404 e. The summed E-state index contributed by atoms with van der Waals surface area (Å²) in [7, 11) is 0. The summed E-state index contributed by atoms with van der Waals surface area (Å²) in [5.74, 6) is -0.433. The van der Waals surface area contributed by atoms with Gasteiger partial charge in [0.05, 0.1) is 19.6 Å². The van der Waals surface area contributed by atoms with Crippen LogP contribution in [0.5, 0.6) is 0 Å². The lowest BCUT2D eigenvalue weighted by molar-refractivity contribution is -0.135. The molecule has 0 aromatic heterocycles. The summed E-state index contributed by atoms with van der Waals surface area (Å²) in [6, 6.07) is 0. The molecular weight excluding hydrogens is 364 g/mol. The van der Waals surface area contributed by atoms with Gasteiger partial charge in [0.25, 0.3) is 0 Å². The molecule has 10 nitrogen and oxygen atoms in total. The van der Waals surface area contributed by atoms with Crippen LogP contribution in [0.3, 0.4) is 0 Å². The van der Waals surface area contributed by atoms with E-state index >= 15 is 0 Å². The van der Waals surface area contributed by atoms with Crippen LogP contribution in [0, 0.1) is 0 Å². The molecule has 0 saturated heterocycles. The second-order valence-corrected chi connectivity index (χ2v) is 6.56. The fourth-order valence-electron chi connectivity index (χ4n) is 2.54. The SMILES string of the molecule is NCCCCCCCNCC(=O)N(CCCCN)CC(=O)NCCOC(N)=O. The number of hydrogen-bond acceptors (Lipinski definition) is 7. The standard InChI is InChI=1S/C18H38N6O4/c19-8-4-2-1-3-6-10-22-14-17(26)24(12-7-5-9-20)15-16(25)23-11-13-28-18(21)27/h22H,1-15,19-20H2,(H2,21,27)(H,23,25). The number of primary amides is 1. The number of nitrogens with one attached hydrogen (secondary N) is 2. The van der Waals surface area contributed by atoms with Crippen molar-refractivity contribution in [2.75, 3.05) is 52.4 Å². The molecule has 0 spiro atoms. The normalized spacial score (nSPS) is 10.5. The van der Waals surface area contributed by atoms with E-state index < -0.39 is 6.09 Å². The molecule has 8 N–H and O–H groups in total. The van der Waals surface area contributed by atoms with E-state index in [-0.39, 0.29) is 38.1 Å². The molecule has 0 aromatic carbocycles. The highest BCUT2D eigenvalue weighted by molar-refractivity contribution is 5.85. The smallest absolute Gasteiger partial charge is 0.404 e. The maximum absolute atomic E-state index is 12.4. The number of nitrogens with two attached hydrogens (primary N) is 3. The minimum Gasteiger partial charge on any atom is -0.448 e. The number of rotatable bonds is 18. The highest BCUT2D eigenvalue weighted by Crippen LogP contribution is 2.01. The van der Waals surface area contributed by atoms with E-state index in [1.807, 2.05) is 0 Å². The Morgan fingerprint density at radius 1 is 0.857 bits per heavy atom. The molecule has 0 aliphatic heterocycles.